The fourth-order valence-corrected chi connectivity index (χ4v) is 3.30. The maximum absolute atomic E-state index is 12.8. The van der Waals surface area contributed by atoms with Crippen LogP contribution in [0, 0.1) is 0 Å². The average Bonchev–Trinajstić information content (AvgIpc) is 3.29. The number of hydrogen-bond acceptors (Lipinski definition) is 4. The van der Waals surface area contributed by atoms with Crippen LogP contribution in [-0.2, 0) is 16.0 Å². The first-order chi connectivity index (χ1) is 12.7. The summed E-state index contributed by atoms with van der Waals surface area (Å²) in [5, 5.41) is 2.64. The molecule has 2 aliphatic rings. The number of benzene rings is 2. The SMILES string of the molecule is CNC(=O)C1Cc2ccccc2N1C(=O)C=Cc1ccc2c(c1)OCO2. The van der Waals surface area contributed by atoms with E-state index in [1.807, 2.05) is 42.5 Å². The molecule has 2 amide bonds. The molecule has 2 aromatic rings. The Hall–Kier alpha value is -3.28. The lowest BCUT2D eigenvalue weighted by molar-refractivity contribution is -0.124. The lowest BCUT2D eigenvalue weighted by atomic mass is 10.1. The second-order valence-electron chi connectivity index (χ2n) is 6.12. The van der Waals surface area contributed by atoms with Gasteiger partial charge in [0.1, 0.15) is 6.04 Å². The summed E-state index contributed by atoms with van der Waals surface area (Å²) >= 11 is 0. The summed E-state index contributed by atoms with van der Waals surface area (Å²) in [5.41, 5.74) is 2.60. The fourth-order valence-electron chi connectivity index (χ4n) is 3.30. The van der Waals surface area contributed by atoms with E-state index in [4.69, 9.17) is 9.47 Å². The molecule has 0 saturated carbocycles. The molecule has 0 bridgehead atoms. The molecule has 1 N–H and O–H groups in total. The van der Waals surface area contributed by atoms with Crippen LogP contribution >= 0.6 is 0 Å². The van der Waals surface area contributed by atoms with Gasteiger partial charge >= 0.3 is 0 Å². The van der Waals surface area contributed by atoms with E-state index in [2.05, 4.69) is 5.32 Å². The molecule has 2 heterocycles. The number of carbonyl (C=O) groups excluding carboxylic acids is 2. The molecule has 132 valence electrons. The lowest BCUT2D eigenvalue weighted by Crippen LogP contribution is -2.46. The van der Waals surface area contributed by atoms with Crippen LogP contribution in [0.1, 0.15) is 11.1 Å². The van der Waals surface area contributed by atoms with Gasteiger partial charge in [-0.2, -0.15) is 0 Å². The molecule has 4 rings (SSSR count). The van der Waals surface area contributed by atoms with E-state index < -0.39 is 6.04 Å². The van der Waals surface area contributed by atoms with Crippen LogP contribution in [-0.4, -0.2) is 31.7 Å². The predicted octanol–water partition coefficient (Wildman–Crippen LogP) is 2.13. The molecule has 6 nitrogen and oxygen atoms in total. The van der Waals surface area contributed by atoms with Crippen molar-refractivity contribution in [3.05, 3.63) is 59.7 Å². The summed E-state index contributed by atoms with van der Waals surface area (Å²) in [4.78, 5) is 26.6. The second kappa shape index (κ2) is 6.55. The minimum Gasteiger partial charge on any atom is -0.454 e. The summed E-state index contributed by atoms with van der Waals surface area (Å²) in [6.45, 7) is 0.208. The maximum atomic E-state index is 12.8. The molecule has 26 heavy (non-hydrogen) atoms. The first-order valence-electron chi connectivity index (χ1n) is 8.38. The molecule has 1 atom stereocenters. The number of rotatable bonds is 3. The summed E-state index contributed by atoms with van der Waals surface area (Å²) in [7, 11) is 1.58. The van der Waals surface area contributed by atoms with Gasteiger partial charge in [-0.3, -0.25) is 14.5 Å². The van der Waals surface area contributed by atoms with Gasteiger partial charge in [0.25, 0.3) is 5.91 Å². The van der Waals surface area contributed by atoms with Crippen LogP contribution in [0.25, 0.3) is 6.08 Å². The molecule has 6 heteroatoms. The highest BCUT2D eigenvalue weighted by molar-refractivity contribution is 6.09. The van der Waals surface area contributed by atoms with Crippen LogP contribution in [0.4, 0.5) is 5.69 Å². The van der Waals surface area contributed by atoms with E-state index in [0.29, 0.717) is 17.9 Å². The van der Waals surface area contributed by atoms with Crippen LogP contribution < -0.4 is 19.7 Å². The number of para-hydroxylation sites is 1. The smallest absolute Gasteiger partial charge is 0.251 e. The zero-order valence-corrected chi connectivity index (χ0v) is 14.3. The standard InChI is InChI=1S/C20H18N2O4/c1-21-20(24)16-11-14-4-2-3-5-15(14)22(16)19(23)9-7-13-6-8-17-18(10-13)26-12-25-17/h2-10,16H,11-12H2,1H3,(H,21,24). The average molecular weight is 350 g/mol. The van der Waals surface area contributed by atoms with Gasteiger partial charge in [-0.1, -0.05) is 24.3 Å². The molecular formula is C20H18N2O4. The van der Waals surface area contributed by atoms with Crippen LogP contribution in [0.3, 0.4) is 0 Å². The van der Waals surface area contributed by atoms with Crippen molar-refractivity contribution in [2.75, 3.05) is 18.7 Å². The van der Waals surface area contributed by atoms with Gasteiger partial charge in [0.2, 0.25) is 12.7 Å². The van der Waals surface area contributed by atoms with Gasteiger partial charge < -0.3 is 14.8 Å². The van der Waals surface area contributed by atoms with Crippen molar-refractivity contribution in [1.82, 2.24) is 5.32 Å². The quantitative estimate of drug-likeness (QED) is 0.861. The van der Waals surface area contributed by atoms with E-state index in [1.54, 1.807) is 18.0 Å². The number of nitrogens with zero attached hydrogens (tertiary/aromatic N) is 1. The summed E-state index contributed by atoms with van der Waals surface area (Å²) < 4.78 is 10.6. The van der Waals surface area contributed by atoms with E-state index in [9.17, 15) is 9.59 Å². The molecule has 0 aliphatic carbocycles. The van der Waals surface area contributed by atoms with E-state index in [1.165, 1.54) is 6.08 Å². The van der Waals surface area contributed by atoms with Crippen LogP contribution in [0.15, 0.2) is 48.5 Å². The van der Waals surface area contributed by atoms with Gasteiger partial charge in [-0.05, 0) is 35.4 Å². The van der Waals surface area contributed by atoms with E-state index in [0.717, 1.165) is 16.8 Å². The highest BCUT2D eigenvalue weighted by atomic mass is 16.7. The largest absolute Gasteiger partial charge is 0.454 e. The number of likely N-dealkylation sites (N-methyl/N-ethyl adjacent to an activating group) is 1. The normalized spacial score (nSPS) is 17.4. The van der Waals surface area contributed by atoms with Gasteiger partial charge in [-0.25, -0.2) is 0 Å². The third-order valence-electron chi connectivity index (χ3n) is 4.58. The Morgan fingerprint density at radius 2 is 1.96 bits per heavy atom. The molecule has 2 aliphatic heterocycles. The van der Waals surface area contributed by atoms with Crippen molar-refractivity contribution in [2.45, 2.75) is 12.5 Å². The van der Waals surface area contributed by atoms with Crippen molar-refractivity contribution >= 4 is 23.6 Å². The monoisotopic (exact) mass is 350 g/mol. The van der Waals surface area contributed by atoms with Crippen molar-refractivity contribution in [3.63, 3.8) is 0 Å². The minimum atomic E-state index is -0.536. The zero-order chi connectivity index (χ0) is 18.1. The Bertz CT molecular complexity index is 906. The topological polar surface area (TPSA) is 67.9 Å². The first-order valence-corrected chi connectivity index (χ1v) is 8.38. The maximum Gasteiger partial charge on any atom is 0.251 e. The third-order valence-corrected chi connectivity index (χ3v) is 4.58. The zero-order valence-electron chi connectivity index (χ0n) is 14.3. The Morgan fingerprint density at radius 1 is 1.15 bits per heavy atom. The van der Waals surface area contributed by atoms with Gasteiger partial charge in [0.05, 0.1) is 0 Å². The number of nitrogens with one attached hydrogen (secondary N) is 1. The lowest BCUT2D eigenvalue weighted by Gasteiger charge is -2.23. The number of ether oxygens (including phenoxy) is 2. The molecule has 0 saturated heterocycles. The third kappa shape index (κ3) is 2.79. The van der Waals surface area contributed by atoms with E-state index in [-0.39, 0.29) is 18.6 Å². The number of carbonyl (C=O) groups is 2. The highest BCUT2D eigenvalue weighted by Crippen LogP contribution is 2.34. The minimum absolute atomic E-state index is 0.175. The van der Waals surface area contributed by atoms with Gasteiger partial charge in [0, 0.05) is 25.2 Å². The van der Waals surface area contributed by atoms with Crippen molar-refractivity contribution in [1.29, 1.82) is 0 Å². The Balaban J connectivity index is 1.60. The van der Waals surface area contributed by atoms with Crippen LogP contribution in [0.5, 0.6) is 11.5 Å². The van der Waals surface area contributed by atoms with Gasteiger partial charge in [-0.15, -0.1) is 0 Å². The fraction of sp³-hybridized carbons (Fsp3) is 0.200. The summed E-state index contributed by atoms with van der Waals surface area (Å²) in [6, 6.07) is 12.5. The molecular weight excluding hydrogens is 332 g/mol. The van der Waals surface area contributed by atoms with Gasteiger partial charge in [0.15, 0.2) is 11.5 Å². The molecule has 2 aromatic carbocycles. The Labute approximate surface area is 151 Å². The molecule has 1 unspecified atom stereocenters. The second-order valence-corrected chi connectivity index (χ2v) is 6.12. The molecule has 0 radical (unpaired) electrons. The Kier molecular flexibility index (Phi) is 4.08. The molecule has 0 spiro atoms. The summed E-state index contributed by atoms with van der Waals surface area (Å²) in [6.07, 6.45) is 3.71. The number of amides is 2. The van der Waals surface area contributed by atoms with Crippen molar-refractivity contribution in [3.8, 4) is 11.5 Å². The first kappa shape index (κ1) is 16.2. The summed E-state index contributed by atoms with van der Waals surface area (Å²) in [5.74, 6) is 0.947. The van der Waals surface area contributed by atoms with Crippen molar-refractivity contribution < 1.29 is 19.1 Å². The number of anilines is 1. The highest BCUT2D eigenvalue weighted by Gasteiger charge is 2.36. The van der Waals surface area contributed by atoms with Crippen molar-refractivity contribution in [2.24, 2.45) is 0 Å². The molecule has 0 aromatic heterocycles. The predicted molar refractivity (Wildman–Crippen MR) is 97.1 cm³/mol. The van der Waals surface area contributed by atoms with E-state index >= 15 is 0 Å². The Morgan fingerprint density at radius 3 is 2.81 bits per heavy atom. The molecule has 0 fully saturated rings. The van der Waals surface area contributed by atoms with Crippen LogP contribution in [0.2, 0.25) is 0 Å². The number of hydrogen-bond donors (Lipinski definition) is 1. The number of fused-ring (bicyclic) bond motifs is 2.